The first-order valence-electron chi connectivity index (χ1n) is 6.80. The summed E-state index contributed by atoms with van der Waals surface area (Å²) in [5.41, 5.74) is 1.10. The number of aromatic nitrogens is 1. The lowest BCUT2D eigenvalue weighted by Crippen LogP contribution is -2.23. The minimum atomic E-state index is -3.53. The largest absolute Gasteiger partial charge is 0.360 e. The van der Waals surface area contributed by atoms with E-state index in [4.69, 9.17) is 4.52 Å². The fraction of sp³-hybridized carbons (Fsp3) is 0.357. The summed E-state index contributed by atoms with van der Waals surface area (Å²) in [6.45, 7) is 3.95. The van der Waals surface area contributed by atoms with Crippen LogP contribution in [-0.2, 0) is 23.0 Å². The second-order valence-electron chi connectivity index (χ2n) is 4.55. The van der Waals surface area contributed by atoms with Gasteiger partial charge >= 0.3 is 0 Å². The molecule has 0 aliphatic rings. The Balaban J connectivity index is 1.96. The van der Waals surface area contributed by atoms with Crippen LogP contribution in [0.2, 0.25) is 0 Å². The Bertz CT molecular complexity index is 637. The molecule has 0 saturated heterocycles. The Morgan fingerprint density at radius 2 is 1.95 bits per heavy atom. The van der Waals surface area contributed by atoms with E-state index in [1.807, 2.05) is 12.1 Å². The van der Waals surface area contributed by atoms with E-state index in [1.165, 1.54) is 6.20 Å². The second kappa shape index (κ2) is 7.35. The summed E-state index contributed by atoms with van der Waals surface area (Å²) in [5.74, 6) is 0.473. The lowest BCUT2D eigenvalue weighted by Gasteiger charge is -2.07. The van der Waals surface area contributed by atoms with Gasteiger partial charge in [0.05, 0.1) is 17.6 Å². The van der Waals surface area contributed by atoms with Crippen LogP contribution in [0.1, 0.15) is 18.2 Å². The Kier molecular flexibility index (Phi) is 5.49. The molecule has 0 bridgehead atoms. The summed E-state index contributed by atoms with van der Waals surface area (Å²) >= 11 is 0. The molecule has 1 heterocycles. The van der Waals surface area contributed by atoms with Gasteiger partial charge in [0.1, 0.15) is 0 Å². The van der Waals surface area contributed by atoms with E-state index in [1.54, 1.807) is 18.2 Å². The highest BCUT2D eigenvalue weighted by atomic mass is 32.2. The van der Waals surface area contributed by atoms with Gasteiger partial charge in [-0.25, -0.2) is 13.1 Å². The maximum Gasteiger partial charge on any atom is 0.240 e. The molecule has 7 heteroatoms. The molecular formula is C14H19N3O3S. The minimum Gasteiger partial charge on any atom is -0.360 e. The molecule has 0 atom stereocenters. The van der Waals surface area contributed by atoms with Crippen LogP contribution < -0.4 is 10.0 Å². The molecule has 0 aliphatic heterocycles. The number of likely N-dealkylation sites (N-methyl/N-ethyl adjacent to an activating group) is 1. The molecule has 1 aromatic carbocycles. The van der Waals surface area contributed by atoms with Crippen molar-refractivity contribution in [2.24, 2.45) is 0 Å². The van der Waals surface area contributed by atoms with Gasteiger partial charge < -0.3 is 9.84 Å². The van der Waals surface area contributed by atoms with E-state index in [-0.39, 0.29) is 11.4 Å². The Labute approximate surface area is 124 Å². The number of rotatable bonds is 8. The van der Waals surface area contributed by atoms with Crippen LogP contribution in [0.25, 0.3) is 0 Å². The van der Waals surface area contributed by atoms with Gasteiger partial charge in [-0.05, 0) is 37.2 Å². The van der Waals surface area contributed by atoms with E-state index in [2.05, 4.69) is 22.1 Å². The van der Waals surface area contributed by atoms with E-state index < -0.39 is 10.0 Å². The van der Waals surface area contributed by atoms with Crippen molar-refractivity contribution >= 4 is 10.0 Å². The molecule has 2 aromatic rings. The number of nitrogens with zero attached hydrogens (tertiary/aromatic N) is 1. The normalized spacial score (nSPS) is 11.7. The Morgan fingerprint density at radius 1 is 1.19 bits per heavy atom. The van der Waals surface area contributed by atoms with Gasteiger partial charge in [-0.2, -0.15) is 0 Å². The predicted octanol–water partition coefficient (Wildman–Crippen LogP) is 1.31. The van der Waals surface area contributed by atoms with E-state index in [0.717, 1.165) is 25.1 Å². The third kappa shape index (κ3) is 4.66. The van der Waals surface area contributed by atoms with Gasteiger partial charge in [0.25, 0.3) is 0 Å². The summed E-state index contributed by atoms with van der Waals surface area (Å²) in [7, 11) is -3.53. The first kappa shape index (κ1) is 15.7. The van der Waals surface area contributed by atoms with Gasteiger partial charge in [0.2, 0.25) is 10.0 Å². The highest BCUT2D eigenvalue weighted by Crippen LogP contribution is 2.11. The van der Waals surface area contributed by atoms with Gasteiger partial charge in [0.15, 0.2) is 5.76 Å². The zero-order valence-corrected chi connectivity index (χ0v) is 12.7. The molecule has 2 N–H and O–H groups in total. The van der Waals surface area contributed by atoms with Crippen LogP contribution >= 0.6 is 0 Å². The molecule has 114 valence electrons. The summed E-state index contributed by atoms with van der Waals surface area (Å²) < 4.78 is 31.6. The minimum absolute atomic E-state index is 0.0878. The predicted molar refractivity (Wildman–Crippen MR) is 79.2 cm³/mol. The van der Waals surface area contributed by atoms with Crippen LogP contribution in [0, 0.1) is 0 Å². The lowest BCUT2D eigenvalue weighted by atomic mass is 10.1. The van der Waals surface area contributed by atoms with Crippen molar-refractivity contribution in [2.75, 3.05) is 13.1 Å². The molecular weight excluding hydrogens is 290 g/mol. The summed E-state index contributed by atoms with van der Waals surface area (Å²) in [4.78, 5) is 0.245. The van der Waals surface area contributed by atoms with E-state index in [0.29, 0.717) is 5.76 Å². The Hall–Kier alpha value is -1.70. The van der Waals surface area contributed by atoms with Gasteiger partial charge in [-0.1, -0.05) is 24.2 Å². The van der Waals surface area contributed by atoms with Crippen molar-refractivity contribution in [3.8, 4) is 0 Å². The maximum atomic E-state index is 12.1. The first-order valence-corrected chi connectivity index (χ1v) is 8.29. The fourth-order valence-electron chi connectivity index (χ4n) is 1.83. The van der Waals surface area contributed by atoms with E-state index >= 15 is 0 Å². The number of sulfonamides is 1. The number of nitrogens with one attached hydrogen (secondary N) is 2. The number of benzene rings is 1. The third-order valence-corrected chi connectivity index (χ3v) is 4.42. The molecule has 0 spiro atoms. The first-order chi connectivity index (χ1) is 10.1. The van der Waals surface area contributed by atoms with Crippen molar-refractivity contribution in [1.29, 1.82) is 0 Å². The fourth-order valence-corrected chi connectivity index (χ4v) is 2.82. The van der Waals surface area contributed by atoms with Crippen LogP contribution in [-0.4, -0.2) is 26.7 Å². The van der Waals surface area contributed by atoms with Gasteiger partial charge in [0, 0.05) is 6.07 Å². The second-order valence-corrected chi connectivity index (χ2v) is 6.32. The third-order valence-electron chi connectivity index (χ3n) is 3.00. The zero-order chi connectivity index (χ0) is 15.1. The van der Waals surface area contributed by atoms with Crippen LogP contribution in [0.5, 0.6) is 0 Å². The smallest absolute Gasteiger partial charge is 0.240 e. The van der Waals surface area contributed by atoms with Crippen molar-refractivity contribution in [3.63, 3.8) is 0 Å². The molecule has 0 aliphatic carbocycles. The summed E-state index contributed by atoms with van der Waals surface area (Å²) in [5, 5.41) is 6.76. The lowest BCUT2D eigenvalue weighted by molar-refractivity contribution is 0.380. The SMILES string of the molecule is CCNCCc1ccc(S(=O)(=O)NCc2ccno2)cc1. The number of hydrogen-bond donors (Lipinski definition) is 2. The van der Waals surface area contributed by atoms with Crippen molar-refractivity contribution < 1.29 is 12.9 Å². The number of hydrogen-bond acceptors (Lipinski definition) is 5. The molecule has 6 nitrogen and oxygen atoms in total. The quantitative estimate of drug-likeness (QED) is 0.718. The standard InChI is InChI=1S/C14H19N3O3S/c1-2-15-9-7-12-3-5-14(6-4-12)21(18,19)17-11-13-8-10-16-20-13/h3-6,8,10,15,17H,2,7,9,11H2,1H3. The van der Waals surface area contributed by atoms with Crippen molar-refractivity contribution in [1.82, 2.24) is 15.2 Å². The highest BCUT2D eigenvalue weighted by molar-refractivity contribution is 7.89. The van der Waals surface area contributed by atoms with Crippen molar-refractivity contribution in [3.05, 3.63) is 47.9 Å². The monoisotopic (exact) mass is 309 g/mol. The topological polar surface area (TPSA) is 84.2 Å². The van der Waals surface area contributed by atoms with Crippen molar-refractivity contribution in [2.45, 2.75) is 24.8 Å². The molecule has 0 radical (unpaired) electrons. The summed E-state index contributed by atoms with van der Waals surface area (Å²) in [6, 6.07) is 8.51. The maximum absolute atomic E-state index is 12.1. The molecule has 21 heavy (non-hydrogen) atoms. The average Bonchev–Trinajstić information content (AvgIpc) is 3.00. The van der Waals surface area contributed by atoms with Gasteiger partial charge in [-0.15, -0.1) is 0 Å². The Morgan fingerprint density at radius 3 is 2.57 bits per heavy atom. The zero-order valence-electron chi connectivity index (χ0n) is 11.9. The summed E-state index contributed by atoms with van der Waals surface area (Å²) in [6.07, 6.45) is 2.35. The molecule has 2 rings (SSSR count). The molecule has 0 unspecified atom stereocenters. The van der Waals surface area contributed by atoms with Crippen LogP contribution in [0.3, 0.4) is 0 Å². The van der Waals surface area contributed by atoms with Gasteiger partial charge in [-0.3, -0.25) is 0 Å². The molecule has 0 fully saturated rings. The highest BCUT2D eigenvalue weighted by Gasteiger charge is 2.14. The molecule has 1 aromatic heterocycles. The van der Waals surface area contributed by atoms with Crippen LogP contribution in [0.15, 0.2) is 45.9 Å². The molecule has 0 amide bonds. The molecule has 0 saturated carbocycles. The average molecular weight is 309 g/mol. The van der Waals surface area contributed by atoms with E-state index in [9.17, 15) is 8.42 Å². The van der Waals surface area contributed by atoms with Crippen LogP contribution in [0.4, 0.5) is 0 Å².